The SMILES string of the molecule is Cc1cc(NC(=O)C2Cc3ccccc3O2)c(C)cc1N. The van der Waals surface area contributed by atoms with E-state index in [0.717, 1.165) is 33.8 Å². The number of ether oxygens (including phenoxy) is 1. The van der Waals surface area contributed by atoms with Crippen molar-refractivity contribution in [2.45, 2.75) is 26.4 Å². The van der Waals surface area contributed by atoms with Crippen molar-refractivity contribution in [3.63, 3.8) is 0 Å². The Morgan fingerprint density at radius 1 is 1.24 bits per heavy atom. The summed E-state index contributed by atoms with van der Waals surface area (Å²) in [5.41, 5.74) is 10.3. The topological polar surface area (TPSA) is 64.3 Å². The number of anilines is 2. The molecule has 1 heterocycles. The number of nitrogen functional groups attached to an aromatic ring is 1. The van der Waals surface area contributed by atoms with E-state index in [2.05, 4.69) is 5.32 Å². The summed E-state index contributed by atoms with van der Waals surface area (Å²) < 4.78 is 5.70. The summed E-state index contributed by atoms with van der Waals surface area (Å²) in [6, 6.07) is 11.5. The molecule has 1 aliphatic heterocycles. The first kappa shape index (κ1) is 13.5. The molecular formula is C17H18N2O2. The van der Waals surface area contributed by atoms with Gasteiger partial charge in [-0.15, -0.1) is 0 Å². The fraction of sp³-hybridized carbons (Fsp3) is 0.235. The van der Waals surface area contributed by atoms with E-state index in [4.69, 9.17) is 10.5 Å². The number of para-hydroxylation sites is 1. The van der Waals surface area contributed by atoms with Gasteiger partial charge in [0.2, 0.25) is 0 Å². The second kappa shape index (κ2) is 5.13. The first-order valence-corrected chi connectivity index (χ1v) is 6.97. The Kier molecular flexibility index (Phi) is 3.29. The quantitative estimate of drug-likeness (QED) is 0.832. The number of carbonyl (C=O) groups excluding carboxylic acids is 1. The van der Waals surface area contributed by atoms with E-state index in [0.29, 0.717) is 6.42 Å². The zero-order valence-corrected chi connectivity index (χ0v) is 12.1. The van der Waals surface area contributed by atoms with Gasteiger partial charge in [0, 0.05) is 17.8 Å². The fourth-order valence-corrected chi connectivity index (χ4v) is 2.51. The number of nitrogens with two attached hydrogens (primary N) is 1. The van der Waals surface area contributed by atoms with Gasteiger partial charge in [-0.2, -0.15) is 0 Å². The van der Waals surface area contributed by atoms with Crippen LogP contribution in [0.25, 0.3) is 0 Å². The molecule has 0 saturated carbocycles. The van der Waals surface area contributed by atoms with Crippen molar-refractivity contribution >= 4 is 17.3 Å². The van der Waals surface area contributed by atoms with Gasteiger partial charge < -0.3 is 15.8 Å². The van der Waals surface area contributed by atoms with Crippen molar-refractivity contribution in [3.8, 4) is 5.75 Å². The van der Waals surface area contributed by atoms with Crippen LogP contribution >= 0.6 is 0 Å². The smallest absolute Gasteiger partial charge is 0.265 e. The molecule has 0 spiro atoms. The molecule has 0 fully saturated rings. The van der Waals surface area contributed by atoms with Gasteiger partial charge in [-0.25, -0.2) is 0 Å². The molecule has 2 aromatic carbocycles. The van der Waals surface area contributed by atoms with E-state index >= 15 is 0 Å². The van der Waals surface area contributed by atoms with E-state index < -0.39 is 6.10 Å². The highest BCUT2D eigenvalue weighted by Crippen LogP contribution is 2.29. The van der Waals surface area contributed by atoms with Crippen LogP contribution in [0.3, 0.4) is 0 Å². The maximum atomic E-state index is 12.4. The van der Waals surface area contributed by atoms with Crippen molar-refractivity contribution < 1.29 is 9.53 Å². The largest absolute Gasteiger partial charge is 0.480 e. The second-order valence-electron chi connectivity index (χ2n) is 5.43. The maximum Gasteiger partial charge on any atom is 0.265 e. The molecule has 0 radical (unpaired) electrons. The number of aryl methyl sites for hydroxylation is 2. The number of amides is 1. The Labute approximate surface area is 123 Å². The van der Waals surface area contributed by atoms with Crippen LogP contribution in [0.15, 0.2) is 36.4 Å². The predicted octanol–water partition coefficient (Wildman–Crippen LogP) is 2.83. The molecule has 108 valence electrons. The lowest BCUT2D eigenvalue weighted by Gasteiger charge is -2.14. The monoisotopic (exact) mass is 282 g/mol. The average molecular weight is 282 g/mol. The van der Waals surface area contributed by atoms with Crippen LogP contribution in [0.2, 0.25) is 0 Å². The van der Waals surface area contributed by atoms with Crippen LogP contribution in [0.4, 0.5) is 11.4 Å². The lowest BCUT2D eigenvalue weighted by Crippen LogP contribution is -2.31. The number of rotatable bonds is 2. The van der Waals surface area contributed by atoms with E-state index in [-0.39, 0.29) is 5.91 Å². The van der Waals surface area contributed by atoms with Gasteiger partial charge in [0.25, 0.3) is 5.91 Å². The number of fused-ring (bicyclic) bond motifs is 1. The number of hydrogen-bond donors (Lipinski definition) is 2. The molecule has 21 heavy (non-hydrogen) atoms. The van der Waals surface area contributed by atoms with E-state index in [9.17, 15) is 4.79 Å². The summed E-state index contributed by atoms with van der Waals surface area (Å²) in [6.07, 6.45) is 0.134. The lowest BCUT2D eigenvalue weighted by atomic mass is 10.1. The Morgan fingerprint density at radius 2 is 2.00 bits per heavy atom. The van der Waals surface area contributed by atoms with Crippen LogP contribution in [0, 0.1) is 13.8 Å². The summed E-state index contributed by atoms with van der Waals surface area (Å²) in [7, 11) is 0. The van der Waals surface area contributed by atoms with E-state index in [1.165, 1.54) is 0 Å². The van der Waals surface area contributed by atoms with E-state index in [1.807, 2.05) is 50.2 Å². The fourth-order valence-electron chi connectivity index (χ4n) is 2.51. The molecule has 2 aromatic rings. The number of hydrogen-bond acceptors (Lipinski definition) is 3. The third-order valence-corrected chi connectivity index (χ3v) is 3.81. The van der Waals surface area contributed by atoms with Gasteiger partial charge in [0.05, 0.1) is 0 Å². The van der Waals surface area contributed by atoms with Crippen molar-refractivity contribution in [3.05, 3.63) is 53.1 Å². The second-order valence-corrected chi connectivity index (χ2v) is 5.43. The molecule has 4 heteroatoms. The highest BCUT2D eigenvalue weighted by atomic mass is 16.5. The van der Waals surface area contributed by atoms with Gasteiger partial charge in [-0.05, 0) is 48.7 Å². The molecule has 3 N–H and O–H groups in total. The molecule has 0 saturated heterocycles. The van der Waals surface area contributed by atoms with E-state index in [1.54, 1.807) is 0 Å². The summed E-state index contributed by atoms with van der Waals surface area (Å²) in [5.74, 6) is 0.668. The molecule has 0 bridgehead atoms. The van der Waals surface area contributed by atoms with Gasteiger partial charge in [0.15, 0.2) is 6.10 Å². The lowest BCUT2D eigenvalue weighted by molar-refractivity contribution is -0.122. The van der Waals surface area contributed by atoms with Crippen LogP contribution in [-0.2, 0) is 11.2 Å². The number of benzene rings is 2. The first-order chi connectivity index (χ1) is 10.0. The minimum absolute atomic E-state index is 0.126. The van der Waals surface area contributed by atoms with Crippen LogP contribution in [-0.4, -0.2) is 12.0 Å². The summed E-state index contributed by atoms with van der Waals surface area (Å²) in [4.78, 5) is 12.4. The summed E-state index contributed by atoms with van der Waals surface area (Å²) >= 11 is 0. The van der Waals surface area contributed by atoms with Gasteiger partial charge >= 0.3 is 0 Å². The molecule has 1 unspecified atom stereocenters. The molecule has 1 aliphatic rings. The standard InChI is InChI=1S/C17H18N2O2/c1-10-8-14(11(2)7-13(10)18)19-17(20)16-9-12-5-3-4-6-15(12)21-16/h3-8,16H,9,18H2,1-2H3,(H,19,20). The van der Waals surface area contributed by atoms with Crippen molar-refractivity contribution in [1.29, 1.82) is 0 Å². The zero-order valence-electron chi connectivity index (χ0n) is 12.1. The third kappa shape index (κ3) is 2.57. The Balaban J connectivity index is 1.75. The molecular weight excluding hydrogens is 264 g/mol. The van der Waals surface area contributed by atoms with Crippen LogP contribution in [0.5, 0.6) is 5.75 Å². The molecule has 0 aromatic heterocycles. The van der Waals surface area contributed by atoms with Gasteiger partial charge in [-0.3, -0.25) is 4.79 Å². The Bertz CT molecular complexity index is 685. The third-order valence-electron chi connectivity index (χ3n) is 3.81. The predicted molar refractivity (Wildman–Crippen MR) is 83.5 cm³/mol. The summed E-state index contributed by atoms with van der Waals surface area (Å²) in [5, 5.41) is 2.94. The highest BCUT2D eigenvalue weighted by molar-refractivity contribution is 5.96. The van der Waals surface area contributed by atoms with Crippen LogP contribution < -0.4 is 15.8 Å². The van der Waals surface area contributed by atoms with Crippen molar-refractivity contribution in [1.82, 2.24) is 0 Å². The first-order valence-electron chi connectivity index (χ1n) is 6.97. The number of carbonyl (C=O) groups is 1. The summed E-state index contributed by atoms with van der Waals surface area (Å²) in [6.45, 7) is 3.85. The van der Waals surface area contributed by atoms with Gasteiger partial charge in [0.1, 0.15) is 5.75 Å². The van der Waals surface area contributed by atoms with Crippen molar-refractivity contribution in [2.75, 3.05) is 11.1 Å². The molecule has 3 rings (SSSR count). The minimum atomic E-state index is -0.473. The Hall–Kier alpha value is -2.49. The highest BCUT2D eigenvalue weighted by Gasteiger charge is 2.29. The minimum Gasteiger partial charge on any atom is -0.480 e. The average Bonchev–Trinajstić information content (AvgIpc) is 2.88. The maximum absolute atomic E-state index is 12.4. The normalized spacial score (nSPS) is 16.2. The zero-order chi connectivity index (χ0) is 15.0. The number of nitrogens with one attached hydrogen (secondary N) is 1. The van der Waals surface area contributed by atoms with Crippen LogP contribution in [0.1, 0.15) is 16.7 Å². The molecule has 1 atom stereocenters. The molecule has 0 aliphatic carbocycles. The Morgan fingerprint density at radius 3 is 2.76 bits per heavy atom. The molecule has 4 nitrogen and oxygen atoms in total. The van der Waals surface area contributed by atoms with Gasteiger partial charge in [-0.1, -0.05) is 18.2 Å². The molecule has 1 amide bonds. The van der Waals surface area contributed by atoms with Crippen molar-refractivity contribution in [2.24, 2.45) is 0 Å².